The molecule has 2 aromatic carbocycles. The summed E-state index contributed by atoms with van der Waals surface area (Å²) in [5.41, 5.74) is 2.74. The fourth-order valence-electron chi connectivity index (χ4n) is 5.34. The number of hydrogen-bond donors (Lipinski definition) is 2. The lowest BCUT2D eigenvalue weighted by atomic mass is 9.77. The highest BCUT2D eigenvalue weighted by molar-refractivity contribution is 5.89. The number of nitrogens with zero attached hydrogens (tertiary/aromatic N) is 3. The molecule has 0 bridgehead atoms. The van der Waals surface area contributed by atoms with E-state index in [-0.39, 0.29) is 12.1 Å². The number of fused-ring (bicyclic) bond motifs is 2. The molecular weight excluding hydrogens is 392 g/mol. The van der Waals surface area contributed by atoms with E-state index < -0.39 is 6.10 Å². The van der Waals surface area contributed by atoms with Crippen LogP contribution in [0.5, 0.6) is 5.75 Å². The number of carbonyl (C=O) groups excluding carboxylic acids is 1. The first-order valence-electron chi connectivity index (χ1n) is 10.8. The van der Waals surface area contributed by atoms with Gasteiger partial charge in [-0.2, -0.15) is 0 Å². The topological polar surface area (TPSA) is 79.6 Å². The average Bonchev–Trinajstić information content (AvgIpc) is 3.33. The van der Waals surface area contributed by atoms with Crippen LogP contribution in [0.2, 0.25) is 0 Å². The molecule has 0 radical (unpaired) electrons. The Hall–Kier alpha value is -3.06. The lowest BCUT2D eigenvalue weighted by molar-refractivity contribution is 0.0366. The van der Waals surface area contributed by atoms with E-state index in [2.05, 4.69) is 20.9 Å². The highest BCUT2D eigenvalue weighted by Gasteiger charge is 2.44. The van der Waals surface area contributed by atoms with Gasteiger partial charge in [-0.15, -0.1) is 0 Å². The number of imidazole rings is 1. The van der Waals surface area contributed by atoms with Gasteiger partial charge < -0.3 is 24.6 Å². The molecule has 1 aliphatic carbocycles. The van der Waals surface area contributed by atoms with E-state index >= 15 is 0 Å². The van der Waals surface area contributed by atoms with Gasteiger partial charge in [-0.1, -0.05) is 18.2 Å². The zero-order chi connectivity index (χ0) is 21.5. The van der Waals surface area contributed by atoms with Crippen LogP contribution in [0.3, 0.4) is 0 Å². The predicted octanol–water partition coefficient (Wildman–Crippen LogP) is 3.83. The molecule has 0 unspecified atom stereocenters. The summed E-state index contributed by atoms with van der Waals surface area (Å²) in [6.07, 6.45) is 1.10. The highest BCUT2D eigenvalue weighted by atomic mass is 16.5. The minimum absolute atomic E-state index is 0.0185. The van der Waals surface area contributed by atoms with Crippen molar-refractivity contribution in [2.45, 2.75) is 31.9 Å². The highest BCUT2D eigenvalue weighted by Crippen LogP contribution is 2.42. The number of para-hydroxylation sites is 2. The monoisotopic (exact) mass is 420 g/mol. The van der Waals surface area contributed by atoms with Crippen LogP contribution in [0, 0.1) is 18.8 Å². The Kier molecular flexibility index (Phi) is 5.06. The Morgan fingerprint density at radius 3 is 2.71 bits per heavy atom. The van der Waals surface area contributed by atoms with Crippen LogP contribution in [-0.2, 0) is 0 Å². The molecule has 7 heteroatoms. The van der Waals surface area contributed by atoms with Crippen LogP contribution < -0.4 is 10.1 Å². The minimum Gasteiger partial charge on any atom is -0.497 e. The maximum Gasteiger partial charge on any atom is 0.321 e. The van der Waals surface area contributed by atoms with E-state index in [0.717, 1.165) is 29.0 Å². The molecule has 2 aliphatic rings. The quantitative estimate of drug-likeness (QED) is 0.675. The third kappa shape index (κ3) is 3.63. The van der Waals surface area contributed by atoms with Crippen LogP contribution in [0.25, 0.3) is 11.0 Å². The van der Waals surface area contributed by atoms with Crippen molar-refractivity contribution >= 4 is 22.8 Å². The maximum absolute atomic E-state index is 12.9. The summed E-state index contributed by atoms with van der Waals surface area (Å²) in [5, 5.41) is 14.0. The second kappa shape index (κ2) is 7.89. The van der Waals surface area contributed by atoms with Gasteiger partial charge in [0, 0.05) is 24.8 Å². The van der Waals surface area contributed by atoms with Gasteiger partial charge in [0.15, 0.2) is 0 Å². The SMILES string of the molecule is COc1cccc(NC(=O)N2C[C@H]3C[C@H](O)[C@@H](n4c(C)nc5ccccc54)C[C@H]3C2)c1. The molecule has 2 fully saturated rings. The van der Waals surface area contributed by atoms with E-state index in [1.165, 1.54) is 0 Å². The number of anilines is 1. The summed E-state index contributed by atoms with van der Waals surface area (Å²) in [5.74, 6) is 2.32. The molecule has 1 aliphatic heterocycles. The standard InChI is InChI=1S/C24H28N4O3/c1-15-25-20-8-3-4-9-21(20)28(15)22-10-16-13-27(14-17(16)11-23(22)29)24(30)26-18-6-5-7-19(12-18)31-2/h3-9,12,16-17,22-23,29H,10-11,13-14H2,1-2H3,(H,26,30)/t16-,17+,22-,23-/m0/s1. The molecule has 2 N–H and O–H groups in total. The molecule has 5 rings (SSSR count). The second-order valence-electron chi connectivity index (χ2n) is 8.71. The lowest BCUT2D eigenvalue weighted by Gasteiger charge is -2.36. The Morgan fingerprint density at radius 2 is 1.90 bits per heavy atom. The minimum atomic E-state index is -0.445. The van der Waals surface area contributed by atoms with Crippen LogP contribution in [-0.4, -0.2) is 51.9 Å². The van der Waals surface area contributed by atoms with Crippen LogP contribution >= 0.6 is 0 Å². The van der Waals surface area contributed by atoms with Gasteiger partial charge in [-0.3, -0.25) is 0 Å². The summed E-state index contributed by atoms with van der Waals surface area (Å²) in [7, 11) is 1.61. The number of urea groups is 1. The first-order valence-corrected chi connectivity index (χ1v) is 10.8. The molecule has 1 aromatic heterocycles. The van der Waals surface area contributed by atoms with Gasteiger partial charge >= 0.3 is 6.03 Å². The van der Waals surface area contributed by atoms with Crippen molar-refractivity contribution in [2.75, 3.05) is 25.5 Å². The molecule has 2 heterocycles. The summed E-state index contributed by atoms with van der Waals surface area (Å²) < 4.78 is 7.43. The van der Waals surface area contributed by atoms with Crippen molar-refractivity contribution in [2.24, 2.45) is 11.8 Å². The molecule has 4 atom stereocenters. The number of carbonyl (C=O) groups is 1. The van der Waals surface area contributed by atoms with E-state index in [0.29, 0.717) is 37.1 Å². The molecule has 2 amide bonds. The zero-order valence-corrected chi connectivity index (χ0v) is 17.9. The van der Waals surface area contributed by atoms with Crippen molar-refractivity contribution in [3.8, 4) is 5.75 Å². The second-order valence-corrected chi connectivity index (χ2v) is 8.71. The summed E-state index contributed by atoms with van der Waals surface area (Å²) in [6, 6.07) is 15.3. The smallest absolute Gasteiger partial charge is 0.321 e. The van der Waals surface area contributed by atoms with Gasteiger partial charge in [-0.25, -0.2) is 9.78 Å². The van der Waals surface area contributed by atoms with E-state index in [1.807, 2.05) is 54.3 Å². The first kappa shape index (κ1) is 19.9. The number of ether oxygens (including phenoxy) is 1. The van der Waals surface area contributed by atoms with Crippen molar-refractivity contribution in [1.29, 1.82) is 0 Å². The Balaban J connectivity index is 1.31. The third-order valence-corrected chi connectivity index (χ3v) is 6.82. The van der Waals surface area contributed by atoms with E-state index in [1.54, 1.807) is 7.11 Å². The Morgan fingerprint density at radius 1 is 1.13 bits per heavy atom. The number of aromatic nitrogens is 2. The van der Waals surface area contributed by atoms with Crippen molar-refractivity contribution in [3.05, 3.63) is 54.4 Å². The van der Waals surface area contributed by atoms with Gasteiger partial charge in [0.25, 0.3) is 0 Å². The third-order valence-electron chi connectivity index (χ3n) is 6.82. The number of amides is 2. The molecule has 162 valence electrons. The van der Waals surface area contributed by atoms with Gasteiger partial charge in [-0.05, 0) is 55.9 Å². The van der Waals surface area contributed by atoms with E-state index in [9.17, 15) is 9.90 Å². The molecule has 1 saturated heterocycles. The number of methoxy groups -OCH3 is 1. The summed E-state index contributed by atoms with van der Waals surface area (Å²) in [6.45, 7) is 3.38. The van der Waals surface area contributed by atoms with Crippen LogP contribution in [0.15, 0.2) is 48.5 Å². The molecule has 31 heavy (non-hydrogen) atoms. The van der Waals surface area contributed by atoms with Crippen molar-refractivity contribution < 1.29 is 14.6 Å². The fraction of sp³-hybridized carbons (Fsp3) is 0.417. The number of hydrogen-bond acceptors (Lipinski definition) is 4. The number of aliphatic hydroxyl groups is 1. The van der Waals surface area contributed by atoms with Gasteiger partial charge in [0.05, 0.1) is 30.3 Å². The number of likely N-dealkylation sites (tertiary alicyclic amines) is 1. The van der Waals surface area contributed by atoms with Crippen molar-refractivity contribution in [1.82, 2.24) is 14.5 Å². The maximum atomic E-state index is 12.9. The molecular formula is C24H28N4O3. The zero-order valence-electron chi connectivity index (χ0n) is 17.9. The van der Waals surface area contributed by atoms with Crippen molar-refractivity contribution in [3.63, 3.8) is 0 Å². The number of rotatable bonds is 3. The van der Waals surface area contributed by atoms with Gasteiger partial charge in [0.1, 0.15) is 11.6 Å². The average molecular weight is 421 g/mol. The molecule has 3 aromatic rings. The molecule has 0 spiro atoms. The summed E-state index contributed by atoms with van der Waals surface area (Å²) >= 11 is 0. The first-order chi connectivity index (χ1) is 15.0. The van der Waals surface area contributed by atoms with Crippen LogP contribution in [0.1, 0.15) is 24.7 Å². The number of aliphatic hydroxyl groups excluding tert-OH is 1. The normalized spacial score (nSPS) is 25.5. The lowest BCUT2D eigenvalue weighted by Crippen LogP contribution is -2.36. The largest absolute Gasteiger partial charge is 0.497 e. The summed E-state index contributed by atoms with van der Waals surface area (Å²) in [4.78, 5) is 19.4. The number of benzene rings is 2. The molecule has 7 nitrogen and oxygen atoms in total. The molecule has 1 saturated carbocycles. The fourth-order valence-corrected chi connectivity index (χ4v) is 5.34. The van der Waals surface area contributed by atoms with E-state index in [4.69, 9.17) is 4.74 Å². The Bertz CT molecular complexity index is 1110. The number of aryl methyl sites for hydroxylation is 1. The predicted molar refractivity (Wildman–Crippen MR) is 119 cm³/mol. The van der Waals surface area contributed by atoms with Crippen LogP contribution in [0.4, 0.5) is 10.5 Å². The van der Waals surface area contributed by atoms with Gasteiger partial charge in [0.2, 0.25) is 0 Å². The number of nitrogens with one attached hydrogen (secondary N) is 1. The Labute approximate surface area is 181 Å².